The van der Waals surface area contributed by atoms with Crippen LogP contribution in [-0.4, -0.2) is 22.2 Å². The second kappa shape index (κ2) is 9.78. The van der Waals surface area contributed by atoms with Gasteiger partial charge in [-0.3, -0.25) is 9.59 Å². The number of rotatable bonds is 4. The van der Waals surface area contributed by atoms with Gasteiger partial charge in [-0.05, 0) is 37.5 Å². The second-order valence-corrected chi connectivity index (χ2v) is 6.20. The third-order valence-electron chi connectivity index (χ3n) is 4.38. The van der Waals surface area contributed by atoms with Crippen LogP contribution < -0.4 is 0 Å². The van der Waals surface area contributed by atoms with Gasteiger partial charge in [-0.2, -0.15) is 0 Å². The summed E-state index contributed by atoms with van der Waals surface area (Å²) in [7, 11) is 0. The fraction of sp³-hybridized carbons (Fsp3) is 0.875. The van der Waals surface area contributed by atoms with Crippen LogP contribution in [0.1, 0.15) is 77.0 Å². The van der Waals surface area contributed by atoms with E-state index in [1.165, 1.54) is 25.7 Å². The van der Waals surface area contributed by atoms with Crippen LogP contribution in [-0.2, 0) is 9.59 Å². The molecule has 20 heavy (non-hydrogen) atoms. The lowest BCUT2D eigenvalue weighted by atomic mass is 9.85. The summed E-state index contributed by atoms with van der Waals surface area (Å²) in [5.41, 5.74) is 0. The van der Waals surface area contributed by atoms with Crippen molar-refractivity contribution in [2.75, 3.05) is 0 Å². The van der Waals surface area contributed by atoms with Crippen LogP contribution in [0.25, 0.3) is 0 Å². The highest BCUT2D eigenvalue weighted by Crippen LogP contribution is 2.27. The van der Waals surface area contributed by atoms with Crippen LogP contribution in [0.2, 0.25) is 0 Å². The zero-order chi connectivity index (χ0) is 14.8. The van der Waals surface area contributed by atoms with E-state index >= 15 is 0 Å². The molecular formula is C16H28O4. The Labute approximate surface area is 121 Å². The van der Waals surface area contributed by atoms with Gasteiger partial charge in [0.05, 0.1) is 0 Å². The van der Waals surface area contributed by atoms with E-state index in [2.05, 4.69) is 0 Å². The van der Waals surface area contributed by atoms with Crippen LogP contribution in [0.15, 0.2) is 0 Å². The molecule has 2 N–H and O–H groups in total. The van der Waals surface area contributed by atoms with E-state index in [0.717, 1.165) is 38.5 Å². The lowest BCUT2D eigenvalue weighted by molar-refractivity contribution is -0.139. The van der Waals surface area contributed by atoms with Crippen LogP contribution in [0.3, 0.4) is 0 Å². The number of carbonyl (C=O) groups is 2. The number of aliphatic carboxylic acids is 2. The average Bonchev–Trinajstić information content (AvgIpc) is 2.34. The first-order chi connectivity index (χ1) is 9.58. The van der Waals surface area contributed by atoms with Gasteiger partial charge in [0.25, 0.3) is 0 Å². The summed E-state index contributed by atoms with van der Waals surface area (Å²) in [5, 5.41) is 17.9. The summed E-state index contributed by atoms with van der Waals surface area (Å²) in [5.74, 6) is -1.000. The third-order valence-corrected chi connectivity index (χ3v) is 4.38. The Morgan fingerprint density at radius 3 is 1.35 bits per heavy atom. The molecule has 0 heterocycles. The highest BCUT2D eigenvalue weighted by Gasteiger charge is 2.18. The van der Waals surface area contributed by atoms with E-state index in [1.54, 1.807) is 0 Å². The summed E-state index contributed by atoms with van der Waals surface area (Å²) in [6.45, 7) is 0. The predicted octanol–water partition coefficient (Wildman–Crippen LogP) is 4.08. The fourth-order valence-corrected chi connectivity index (χ4v) is 3.24. The van der Waals surface area contributed by atoms with Crippen LogP contribution >= 0.6 is 0 Å². The van der Waals surface area contributed by atoms with Gasteiger partial charge in [0.1, 0.15) is 0 Å². The highest BCUT2D eigenvalue weighted by atomic mass is 16.4. The summed E-state index contributed by atoms with van der Waals surface area (Å²) < 4.78 is 0. The minimum Gasteiger partial charge on any atom is -0.481 e. The molecule has 0 aliphatic heterocycles. The fourth-order valence-electron chi connectivity index (χ4n) is 3.24. The topological polar surface area (TPSA) is 74.6 Å². The summed E-state index contributed by atoms with van der Waals surface area (Å²) in [4.78, 5) is 21.8. The number of hydrogen-bond acceptors (Lipinski definition) is 2. The summed E-state index contributed by atoms with van der Waals surface area (Å²) in [6, 6.07) is 0. The molecule has 0 saturated heterocycles. The van der Waals surface area contributed by atoms with Gasteiger partial charge >= 0.3 is 11.9 Å². The van der Waals surface area contributed by atoms with Gasteiger partial charge in [0.15, 0.2) is 0 Å². The zero-order valence-corrected chi connectivity index (χ0v) is 12.4. The molecule has 0 radical (unpaired) electrons. The lowest BCUT2D eigenvalue weighted by Crippen LogP contribution is -2.13. The number of carboxylic acids is 2. The lowest BCUT2D eigenvalue weighted by Gasteiger charge is -2.20. The normalized spacial score (nSPS) is 26.2. The molecule has 0 amide bonds. The van der Waals surface area contributed by atoms with Crippen molar-refractivity contribution in [3.63, 3.8) is 0 Å². The molecule has 0 aromatic carbocycles. The summed E-state index contributed by atoms with van der Waals surface area (Å²) >= 11 is 0. The maximum absolute atomic E-state index is 10.9. The smallest absolute Gasteiger partial charge is 0.303 e. The highest BCUT2D eigenvalue weighted by molar-refractivity contribution is 5.67. The van der Waals surface area contributed by atoms with E-state index < -0.39 is 11.9 Å². The molecule has 1 fully saturated rings. The van der Waals surface area contributed by atoms with Crippen LogP contribution in [0, 0.1) is 11.8 Å². The van der Waals surface area contributed by atoms with Crippen molar-refractivity contribution in [1.82, 2.24) is 0 Å². The van der Waals surface area contributed by atoms with Crippen molar-refractivity contribution in [3.8, 4) is 0 Å². The molecule has 0 aromatic rings. The summed E-state index contributed by atoms with van der Waals surface area (Å²) in [6.07, 6.45) is 11.2. The van der Waals surface area contributed by atoms with Crippen LogP contribution in [0.5, 0.6) is 0 Å². The zero-order valence-electron chi connectivity index (χ0n) is 12.4. The van der Waals surface area contributed by atoms with E-state index in [4.69, 9.17) is 10.2 Å². The van der Waals surface area contributed by atoms with Gasteiger partial charge < -0.3 is 10.2 Å². The van der Waals surface area contributed by atoms with E-state index in [0.29, 0.717) is 0 Å². The first-order valence-electron chi connectivity index (χ1n) is 8.01. The molecule has 1 rings (SSSR count). The predicted molar refractivity (Wildman–Crippen MR) is 77.7 cm³/mol. The Morgan fingerprint density at radius 2 is 1.00 bits per heavy atom. The monoisotopic (exact) mass is 284 g/mol. The number of hydrogen-bond donors (Lipinski definition) is 2. The van der Waals surface area contributed by atoms with Crippen molar-refractivity contribution < 1.29 is 19.8 Å². The Morgan fingerprint density at radius 1 is 0.650 bits per heavy atom. The van der Waals surface area contributed by atoms with Crippen molar-refractivity contribution in [3.05, 3.63) is 0 Å². The van der Waals surface area contributed by atoms with Gasteiger partial charge in [0, 0.05) is 12.8 Å². The number of carboxylic acid groups (broad SMARTS) is 2. The maximum Gasteiger partial charge on any atom is 0.303 e. The molecule has 1 aliphatic carbocycles. The van der Waals surface area contributed by atoms with E-state index in [1.807, 2.05) is 0 Å². The Bertz CT molecular complexity index is 271. The minimum absolute atomic E-state index is 0.225. The quantitative estimate of drug-likeness (QED) is 0.815. The first-order valence-corrected chi connectivity index (χ1v) is 8.01. The van der Waals surface area contributed by atoms with Gasteiger partial charge in [-0.25, -0.2) is 0 Å². The molecule has 2 atom stereocenters. The second-order valence-electron chi connectivity index (χ2n) is 6.20. The Hall–Kier alpha value is -1.06. The SMILES string of the molecule is O=C(O)CC1CCCCCCCCC(CC(=O)O)CC1. The van der Waals surface area contributed by atoms with E-state index in [9.17, 15) is 9.59 Å². The molecule has 2 unspecified atom stereocenters. The molecule has 0 bridgehead atoms. The molecular weight excluding hydrogens is 256 g/mol. The van der Waals surface area contributed by atoms with Crippen molar-refractivity contribution in [1.29, 1.82) is 0 Å². The van der Waals surface area contributed by atoms with Crippen molar-refractivity contribution >= 4 is 11.9 Å². The minimum atomic E-state index is -0.725. The molecule has 1 saturated carbocycles. The largest absolute Gasteiger partial charge is 0.481 e. The molecule has 0 aromatic heterocycles. The van der Waals surface area contributed by atoms with Gasteiger partial charge in [-0.1, -0.05) is 38.5 Å². The molecule has 4 heteroatoms. The Kier molecular flexibility index (Phi) is 8.31. The average molecular weight is 284 g/mol. The van der Waals surface area contributed by atoms with Gasteiger partial charge in [-0.15, -0.1) is 0 Å². The Balaban J connectivity index is 2.52. The molecule has 1 aliphatic rings. The third kappa shape index (κ3) is 8.18. The van der Waals surface area contributed by atoms with E-state index in [-0.39, 0.29) is 24.7 Å². The van der Waals surface area contributed by atoms with Crippen molar-refractivity contribution in [2.24, 2.45) is 11.8 Å². The first kappa shape index (κ1) is 17.0. The van der Waals surface area contributed by atoms with Crippen molar-refractivity contribution in [2.45, 2.75) is 77.0 Å². The molecule has 4 nitrogen and oxygen atoms in total. The standard InChI is InChI=1S/C16H28O4/c17-15(18)11-13-7-5-3-1-2-4-6-8-14(10-9-13)12-16(19)20/h13-14H,1-12H2,(H,17,18)(H,19,20). The molecule has 116 valence electrons. The van der Waals surface area contributed by atoms with Crippen LogP contribution in [0.4, 0.5) is 0 Å². The van der Waals surface area contributed by atoms with Gasteiger partial charge in [0.2, 0.25) is 0 Å². The maximum atomic E-state index is 10.9. The molecule has 0 spiro atoms.